The van der Waals surface area contributed by atoms with Gasteiger partial charge in [-0.1, -0.05) is 12.2 Å². The minimum atomic E-state index is -3.18. The van der Waals surface area contributed by atoms with Crippen LogP contribution in [0.4, 0.5) is 0 Å². The Labute approximate surface area is 97.8 Å². The molecule has 3 aliphatic rings. The van der Waals surface area contributed by atoms with Crippen molar-refractivity contribution in [3.63, 3.8) is 0 Å². The second-order valence-corrected chi connectivity index (χ2v) is 6.83. The van der Waals surface area contributed by atoms with Crippen LogP contribution in [0.25, 0.3) is 0 Å². The van der Waals surface area contributed by atoms with Gasteiger partial charge in [0.2, 0.25) is 10.0 Å². The van der Waals surface area contributed by atoms with Gasteiger partial charge in [-0.15, -0.1) is 0 Å². The third-order valence-electron chi connectivity index (χ3n) is 3.42. The molecule has 0 radical (unpaired) electrons. The Kier molecular flexibility index (Phi) is 3.37. The molecule has 16 heavy (non-hydrogen) atoms. The van der Waals surface area contributed by atoms with Gasteiger partial charge in [-0.3, -0.25) is 0 Å². The van der Waals surface area contributed by atoms with Crippen LogP contribution in [-0.4, -0.2) is 44.7 Å². The number of rotatable bonds is 4. The summed E-state index contributed by atoms with van der Waals surface area (Å²) in [5.41, 5.74) is 0.689. The molecule has 0 aromatic heterocycles. The van der Waals surface area contributed by atoms with Gasteiger partial charge in [-0.05, 0) is 38.8 Å². The van der Waals surface area contributed by atoms with E-state index in [9.17, 15) is 8.42 Å². The molecule has 3 rings (SSSR count). The lowest BCUT2D eigenvalue weighted by atomic mass is 9.85. The van der Waals surface area contributed by atoms with Crippen LogP contribution >= 0.6 is 0 Å². The van der Waals surface area contributed by atoms with Gasteiger partial charge >= 0.3 is 0 Å². The highest BCUT2D eigenvalue weighted by Crippen LogP contribution is 2.27. The quantitative estimate of drug-likeness (QED) is 0.736. The van der Waals surface area contributed by atoms with Crippen molar-refractivity contribution < 1.29 is 8.42 Å². The first kappa shape index (κ1) is 12.1. The van der Waals surface area contributed by atoms with E-state index < -0.39 is 10.0 Å². The monoisotopic (exact) mass is 244 g/mol. The Morgan fingerprint density at radius 2 is 2.06 bits per heavy atom. The number of hydrogen-bond donors (Lipinski definition) is 1. The highest BCUT2D eigenvalue weighted by Gasteiger charge is 2.35. The highest BCUT2D eigenvalue weighted by atomic mass is 32.2. The van der Waals surface area contributed by atoms with Crippen molar-refractivity contribution in [2.24, 2.45) is 5.92 Å². The van der Waals surface area contributed by atoms with Crippen LogP contribution in [0.3, 0.4) is 0 Å². The van der Waals surface area contributed by atoms with Crippen molar-refractivity contribution in [1.82, 2.24) is 9.62 Å². The molecule has 1 atom stereocenters. The van der Waals surface area contributed by atoms with Gasteiger partial charge < -0.3 is 4.90 Å². The van der Waals surface area contributed by atoms with Crippen LogP contribution in [0, 0.1) is 5.92 Å². The molecule has 5 heteroatoms. The van der Waals surface area contributed by atoms with E-state index >= 15 is 0 Å². The van der Waals surface area contributed by atoms with Gasteiger partial charge in [0.05, 0.1) is 5.75 Å². The van der Waals surface area contributed by atoms with E-state index in [2.05, 4.69) is 16.2 Å². The number of nitrogens with zero attached hydrogens (tertiary/aromatic N) is 1. The molecular formula is C11H20N2O2S. The molecule has 3 fully saturated rings. The molecule has 92 valence electrons. The Bertz CT molecular complexity index is 369. The zero-order valence-electron chi connectivity index (χ0n) is 9.78. The topological polar surface area (TPSA) is 49.4 Å². The standard InChI is InChI=1S/C11H20N2O2S/c1-9(2)8-16(14,15)12-11-7-13-5-3-10(11)4-6-13/h10-12H,1,3-8H2,2H3. The van der Waals surface area contributed by atoms with Gasteiger partial charge in [-0.2, -0.15) is 0 Å². The van der Waals surface area contributed by atoms with E-state index in [-0.39, 0.29) is 11.8 Å². The summed E-state index contributed by atoms with van der Waals surface area (Å²) < 4.78 is 26.4. The van der Waals surface area contributed by atoms with Crippen molar-refractivity contribution in [3.8, 4) is 0 Å². The summed E-state index contributed by atoms with van der Waals surface area (Å²) in [6, 6.07) is 0.117. The fourth-order valence-electron chi connectivity index (χ4n) is 2.70. The zero-order valence-corrected chi connectivity index (χ0v) is 10.6. The summed E-state index contributed by atoms with van der Waals surface area (Å²) >= 11 is 0. The number of piperidine rings is 3. The van der Waals surface area contributed by atoms with E-state index in [0.29, 0.717) is 11.5 Å². The van der Waals surface area contributed by atoms with E-state index in [0.717, 1.165) is 32.5 Å². The summed E-state index contributed by atoms with van der Waals surface area (Å²) in [5, 5.41) is 0. The number of nitrogens with one attached hydrogen (secondary N) is 1. The molecule has 4 nitrogen and oxygen atoms in total. The van der Waals surface area contributed by atoms with Crippen LogP contribution in [0.15, 0.2) is 12.2 Å². The van der Waals surface area contributed by atoms with Crippen LogP contribution in [0.2, 0.25) is 0 Å². The maximum absolute atomic E-state index is 11.8. The molecule has 0 aliphatic carbocycles. The van der Waals surface area contributed by atoms with Crippen molar-refractivity contribution in [2.75, 3.05) is 25.4 Å². The fraction of sp³-hybridized carbons (Fsp3) is 0.818. The summed E-state index contributed by atoms with van der Waals surface area (Å²) in [6.45, 7) is 8.53. The summed E-state index contributed by atoms with van der Waals surface area (Å²) in [5.74, 6) is 0.584. The third kappa shape index (κ3) is 2.84. The van der Waals surface area contributed by atoms with E-state index in [4.69, 9.17) is 0 Å². The predicted molar refractivity (Wildman–Crippen MR) is 64.7 cm³/mol. The first-order valence-corrected chi connectivity index (χ1v) is 7.48. The maximum Gasteiger partial charge on any atom is 0.215 e. The predicted octanol–water partition coefficient (Wildman–Crippen LogP) is 0.576. The maximum atomic E-state index is 11.8. The van der Waals surface area contributed by atoms with Crippen molar-refractivity contribution in [2.45, 2.75) is 25.8 Å². The fourth-order valence-corrected chi connectivity index (χ4v) is 4.16. The number of fused-ring (bicyclic) bond motifs is 3. The van der Waals surface area contributed by atoms with Gasteiger partial charge in [0.15, 0.2) is 0 Å². The third-order valence-corrected chi connectivity index (χ3v) is 4.96. The molecule has 0 spiro atoms. The van der Waals surface area contributed by atoms with Gasteiger partial charge in [-0.25, -0.2) is 13.1 Å². The number of hydrogen-bond acceptors (Lipinski definition) is 3. The molecule has 0 amide bonds. The molecular weight excluding hydrogens is 224 g/mol. The minimum Gasteiger partial charge on any atom is -0.302 e. The Morgan fingerprint density at radius 3 is 2.50 bits per heavy atom. The van der Waals surface area contributed by atoms with E-state index in [1.165, 1.54) is 0 Å². The first-order chi connectivity index (χ1) is 7.46. The number of sulfonamides is 1. The van der Waals surface area contributed by atoms with Gasteiger partial charge in [0.1, 0.15) is 0 Å². The molecule has 3 saturated heterocycles. The molecule has 2 bridgehead atoms. The van der Waals surface area contributed by atoms with E-state index in [1.807, 2.05) is 0 Å². The van der Waals surface area contributed by atoms with Gasteiger partial charge in [0, 0.05) is 12.6 Å². The Hall–Kier alpha value is -0.390. The van der Waals surface area contributed by atoms with Crippen molar-refractivity contribution in [1.29, 1.82) is 0 Å². The largest absolute Gasteiger partial charge is 0.302 e. The van der Waals surface area contributed by atoms with Crippen molar-refractivity contribution >= 4 is 10.0 Å². The lowest BCUT2D eigenvalue weighted by molar-refractivity contribution is 0.0827. The summed E-state index contributed by atoms with van der Waals surface area (Å²) in [4.78, 5) is 2.34. The lowest BCUT2D eigenvalue weighted by Crippen LogP contribution is -2.57. The lowest BCUT2D eigenvalue weighted by Gasteiger charge is -2.44. The van der Waals surface area contributed by atoms with Crippen LogP contribution in [0.1, 0.15) is 19.8 Å². The Morgan fingerprint density at radius 1 is 1.44 bits per heavy atom. The van der Waals surface area contributed by atoms with Gasteiger partial charge in [0.25, 0.3) is 0 Å². The second-order valence-electron chi connectivity index (χ2n) is 5.08. The summed E-state index contributed by atoms with van der Waals surface area (Å²) in [7, 11) is -3.18. The van der Waals surface area contributed by atoms with Crippen LogP contribution < -0.4 is 4.72 Å². The second kappa shape index (κ2) is 4.47. The normalized spacial score (nSPS) is 33.9. The molecule has 1 N–H and O–H groups in total. The van der Waals surface area contributed by atoms with E-state index in [1.54, 1.807) is 6.92 Å². The molecule has 1 unspecified atom stereocenters. The summed E-state index contributed by atoms with van der Waals surface area (Å²) in [6.07, 6.45) is 2.25. The minimum absolute atomic E-state index is 0.0518. The molecule has 0 aromatic rings. The molecule has 0 saturated carbocycles. The van der Waals surface area contributed by atoms with Crippen LogP contribution in [-0.2, 0) is 10.0 Å². The van der Waals surface area contributed by atoms with Crippen LogP contribution in [0.5, 0.6) is 0 Å². The molecule has 3 aliphatic heterocycles. The zero-order chi connectivity index (χ0) is 11.8. The smallest absolute Gasteiger partial charge is 0.215 e. The Balaban J connectivity index is 1.97. The average Bonchev–Trinajstić information content (AvgIpc) is 2.16. The SMILES string of the molecule is C=C(C)CS(=O)(=O)NC1CN2CCC1CC2. The molecule has 0 aromatic carbocycles. The average molecular weight is 244 g/mol. The molecule has 3 heterocycles. The highest BCUT2D eigenvalue weighted by molar-refractivity contribution is 7.89. The van der Waals surface area contributed by atoms with Crippen molar-refractivity contribution in [3.05, 3.63) is 12.2 Å². The first-order valence-electron chi connectivity index (χ1n) is 5.83.